The van der Waals surface area contributed by atoms with Gasteiger partial charge in [-0.15, -0.1) is 0 Å². The Morgan fingerprint density at radius 3 is 2.44 bits per heavy atom. The number of carbonyl (C=O) groups excluding carboxylic acids is 1. The Balaban J connectivity index is 3.53. The van der Waals surface area contributed by atoms with Crippen molar-refractivity contribution in [3.8, 4) is 0 Å². The molecule has 3 nitrogen and oxygen atoms in total. The summed E-state index contributed by atoms with van der Waals surface area (Å²) in [6.45, 7) is 4.09. The van der Waals surface area contributed by atoms with Crippen molar-refractivity contribution in [1.29, 1.82) is 0 Å². The molecule has 0 heterocycles. The SMILES string of the molecule is CCCCSCCCCC(C)(NC)C(N)=O. The van der Waals surface area contributed by atoms with Gasteiger partial charge < -0.3 is 11.1 Å². The Morgan fingerprint density at radius 1 is 1.31 bits per heavy atom. The number of amides is 1. The van der Waals surface area contributed by atoms with E-state index in [0.717, 1.165) is 12.8 Å². The van der Waals surface area contributed by atoms with Crippen LogP contribution in [0.25, 0.3) is 0 Å². The molecule has 0 aliphatic rings. The predicted octanol–water partition coefficient (Wildman–Crippen LogP) is 2.15. The van der Waals surface area contributed by atoms with Crippen LogP contribution in [0.5, 0.6) is 0 Å². The number of hydrogen-bond acceptors (Lipinski definition) is 3. The highest BCUT2D eigenvalue weighted by atomic mass is 32.2. The van der Waals surface area contributed by atoms with Gasteiger partial charge in [0.25, 0.3) is 0 Å². The number of likely N-dealkylation sites (N-methyl/N-ethyl adjacent to an activating group) is 1. The highest BCUT2D eigenvalue weighted by Crippen LogP contribution is 2.15. The third kappa shape index (κ3) is 6.38. The molecule has 0 saturated carbocycles. The van der Waals surface area contributed by atoms with Gasteiger partial charge in [0.1, 0.15) is 0 Å². The van der Waals surface area contributed by atoms with Crippen molar-refractivity contribution in [3.63, 3.8) is 0 Å². The number of thioether (sulfide) groups is 1. The lowest BCUT2D eigenvalue weighted by molar-refractivity contribution is -0.123. The Hall–Kier alpha value is -0.220. The Labute approximate surface area is 104 Å². The van der Waals surface area contributed by atoms with Crippen molar-refractivity contribution in [3.05, 3.63) is 0 Å². The average Bonchev–Trinajstić information content (AvgIpc) is 2.27. The van der Waals surface area contributed by atoms with Crippen LogP contribution in [0.2, 0.25) is 0 Å². The minimum absolute atomic E-state index is 0.256. The van der Waals surface area contributed by atoms with E-state index in [9.17, 15) is 4.79 Å². The number of hydrogen-bond donors (Lipinski definition) is 2. The van der Waals surface area contributed by atoms with Gasteiger partial charge >= 0.3 is 0 Å². The first kappa shape index (κ1) is 15.8. The van der Waals surface area contributed by atoms with Crippen LogP contribution in [0.1, 0.15) is 46.0 Å². The van der Waals surface area contributed by atoms with Gasteiger partial charge in [-0.2, -0.15) is 11.8 Å². The molecule has 0 aromatic carbocycles. The van der Waals surface area contributed by atoms with E-state index >= 15 is 0 Å². The molecular weight excluding hydrogens is 220 g/mol. The van der Waals surface area contributed by atoms with Crippen molar-refractivity contribution >= 4 is 17.7 Å². The van der Waals surface area contributed by atoms with Gasteiger partial charge in [-0.25, -0.2) is 0 Å². The topological polar surface area (TPSA) is 55.1 Å². The zero-order valence-corrected chi connectivity index (χ0v) is 11.7. The molecule has 0 aliphatic heterocycles. The van der Waals surface area contributed by atoms with Gasteiger partial charge in [0.2, 0.25) is 5.91 Å². The summed E-state index contributed by atoms with van der Waals surface area (Å²) in [5, 5.41) is 3.01. The van der Waals surface area contributed by atoms with Crippen LogP contribution in [-0.4, -0.2) is 30.0 Å². The summed E-state index contributed by atoms with van der Waals surface area (Å²) in [7, 11) is 1.79. The van der Waals surface area contributed by atoms with Crippen molar-refractivity contribution in [2.75, 3.05) is 18.6 Å². The molecule has 0 aliphatic carbocycles. The summed E-state index contributed by atoms with van der Waals surface area (Å²) >= 11 is 2.01. The fourth-order valence-corrected chi connectivity index (χ4v) is 2.51. The van der Waals surface area contributed by atoms with Crippen molar-refractivity contribution in [2.45, 2.75) is 51.5 Å². The molecule has 16 heavy (non-hydrogen) atoms. The largest absolute Gasteiger partial charge is 0.368 e. The van der Waals surface area contributed by atoms with Crippen LogP contribution in [0.3, 0.4) is 0 Å². The number of unbranched alkanes of at least 4 members (excludes halogenated alkanes) is 2. The molecule has 1 unspecified atom stereocenters. The molecule has 0 aromatic heterocycles. The lowest BCUT2D eigenvalue weighted by atomic mass is 9.94. The lowest BCUT2D eigenvalue weighted by Gasteiger charge is -2.25. The third-order valence-electron chi connectivity index (χ3n) is 2.95. The molecule has 0 rings (SSSR count). The number of nitrogens with two attached hydrogens (primary N) is 1. The van der Waals surface area contributed by atoms with E-state index in [0.29, 0.717) is 0 Å². The van der Waals surface area contributed by atoms with Gasteiger partial charge in [0.05, 0.1) is 5.54 Å². The highest BCUT2D eigenvalue weighted by molar-refractivity contribution is 7.99. The maximum absolute atomic E-state index is 11.2. The molecule has 0 aromatic rings. The van der Waals surface area contributed by atoms with Crippen LogP contribution in [0.4, 0.5) is 0 Å². The summed E-state index contributed by atoms with van der Waals surface area (Å²) in [6, 6.07) is 0. The van der Waals surface area contributed by atoms with Gasteiger partial charge in [0.15, 0.2) is 0 Å². The minimum atomic E-state index is -0.534. The normalized spacial score (nSPS) is 14.7. The van der Waals surface area contributed by atoms with Crippen molar-refractivity contribution < 1.29 is 4.79 Å². The van der Waals surface area contributed by atoms with Gasteiger partial charge in [-0.05, 0) is 44.7 Å². The Kier molecular flexibility index (Phi) is 8.76. The van der Waals surface area contributed by atoms with E-state index in [1.807, 2.05) is 18.7 Å². The molecule has 0 fully saturated rings. The van der Waals surface area contributed by atoms with Crippen LogP contribution in [-0.2, 0) is 4.79 Å². The first-order valence-electron chi connectivity index (χ1n) is 6.13. The van der Waals surface area contributed by atoms with Crippen molar-refractivity contribution in [1.82, 2.24) is 5.32 Å². The second-order valence-electron chi connectivity index (χ2n) is 4.37. The first-order chi connectivity index (χ1) is 7.56. The summed E-state index contributed by atoms with van der Waals surface area (Å²) < 4.78 is 0. The molecule has 96 valence electrons. The summed E-state index contributed by atoms with van der Waals surface area (Å²) in [4.78, 5) is 11.2. The van der Waals surface area contributed by atoms with Gasteiger partial charge in [-0.1, -0.05) is 19.8 Å². The van der Waals surface area contributed by atoms with E-state index < -0.39 is 5.54 Å². The molecule has 0 radical (unpaired) electrons. The smallest absolute Gasteiger partial charge is 0.237 e. The quantitative estimate of drug-likeness (QED) is 0.581. The van der Waals surface area contributed by atoms with E-state index in [1.54, 1.807) is 7.05 Å². The lowest BCUT2D eigenvalue weighted by Crippen LogP contribution is -2.51. The van der Waals surface area contributed by atoms with Crippen LogP contribution < -0.4 is 11.1 Å². The van der Waals surface area contributed by atoms with E-state index in [4.69, 9.17) is 5.73 Å². The molecule has 1 atom stereocenters. The van der Waals surface area contributed by atoms with Gasteiger partial charge in [-0.3, -0.25) is 4.79 Å². The zero-order valence-electron chi connectivity index (χ0n) is 10.8. The molecule has 3 N–H and O–H groups in total. The molecule has 0 spiro atoms. The van der Waals surface area contributed by atoms with E-state index in [2.05, 4.69) is 12.2 Å². The third-order valence-corrected chi connectivity index (χ3v) is 4.11. The number of primary amides is 1. The fourth-order valence-electron chi connectivity index (χ4n) is 1.40. The van der Waals surface area contributed by atoms with Crippen LogP contribution in [0.15, 0.2) is 0 Å². The molecule has 0 saturated heterocycles. The molecule has 4 heteroatoms. The fraction of sp³-hybridized carbons (Fsp3) is 0.917. The highest BCUT2D eigenvalue weighted by Gasteiger charge is 2.27. The van der Waals surface area contributed by atoms with E-state index in [-0.39, 0.29) is 5.91 Å². The average molecular weight is 246 g/mol. The molecule has 0 bridgehead atoms. The Morgan fingerprint density at radius 2 is 1.94 bits per heavy atom. The summed E-state index contributed by atoms with van der Waals surface area (Å²) in [6.07, 6.45) is 5.62. The van der Waals surface area contributed by atoms with Gasteiger partial charge in [0, 0.05) is 0 Å². The van der Waals surface area contributed by atoms with E-state index in [1.165, 1.54) is 30.8 Å². The summed E-state index contributed by atoms with van der Waals surface area (Å²) in [5.41, 5.74) is 4.82. The monoisotopic (exact) mass is 246 g/mol. The maximum atomic E-state index is 11.2. The second-order valence-corrected chi connectivity index (χ2v) is 5.59. The number of carbonyl (C=O) groups is 1. The Bertz CT molecular complexity index is 199. The first-order valence-corrected chi connectivity index (χ1v) is 7.29. The van der Waals surface area contributed by atoms with Crippen molar-refractivity contribution in [2.24, 2.45) is 5.73 Å². The summed E-state index contributed by atoms with van der Waals surface area (Å²) in [5.74, 6) is 2.20. The number of rotatable bonds is 10. The molecular formula is C12H26N2OS. The molecule has 1 amide bonds. The van der Waals surface area contributed by atoms with Crippen LogP contribution in [0, 0.1) is 0 Å². The second kappa shape index (κ2) is 8.88. The van der Waals surface area contributed by atoms with Crippen LogP contribution >= 0.6 is 11.8 Å². The standard InChI is InChI=1S/C12H26N2OS/c1-4-5-9-16-10-7-6-8-12(2,14-3)11(13)15/h14H,4-10H2,1-3H3,(H2,13,15). The maximum Gasteiger partial charge on any atom is 0.237 e. The zero-order chi connectivity index (χ0) is 12.4. The number of nitrogens with one attached hydrogen (secondary N) is 1. The minimum Gasteiger partial charge on any atom is -0.368 e. The predicted molar refractivity (Wildman–Crippen MR) is 72.7 cm³/mol.